The zero-order valence-corrected chi connectivity index (χ0v) is 11.6. The van der Waals surface area contributed by atoms with Crippen LogP contribution >= 0.6 is 0 Å². The van der Waals surface area contributed by atoms with Gasteiger partial charge in [-0.25, -0.2) is 8.42 Å². The lowest BCUT2D eigenvalue weighted by Crippen LogP contribution is -2.34. The molecule has 0 fully saturated rings. The Morgan fingerprint density at radius 3 is 2.26 bits per heavy atom. The second-order valence-electron chi connectivity index (χ2n) is 4.01. The van der Waals surface area contributed by atoms with Crippen LogP contribution in [0.5, 0.6) is 0 Å². The summed E-state index contributed by atoms with van der Waals surface area (Å²) in [6.07, 6.45) is 0.118. The molecule has 5 nitrogen and oxygen atoms in total. The van der Waals surface area contributed by atoms with Gasteiger partial charge in [0.1, 0.15) is 11.0 Å². The molecule has 1 unspecified atom stereocenters. The van der Waals surface area contributed by atoms with Crippen molar-refractivity contribution in [3.05, 3.63) is 35.9 Å². The van der Waals surface area contributed by atoms with E-state index >= 15 is 0 Å². The van der Waals surface area contributed by atoms with Gasteiger partial charge in [-0.15, -0.1) is 0 Å². The Morgan fingerprint density at radius 1 is 1.21 bits per heavy atom. The predicted molar refractivity (Wildman–Crippen MR) is 70.7 cm³/mol. The van der Waals surface area contributed by atoms with Crippen molar-refractivity contribution in [1.82, 2.24) is 0 Å². The summed E-state index contributed by atoms with van der Waals surface area (Å²) < 4.78 is 28.4. The molecule has 0 radical (unpaired) electrons. The second-order valence-corrected chi connectivity index (χ2v) is 6.19. The minimum atomic E-state index is -3.86. The third-order valence-electron chi connectivity index (χ3n) is 2.70. The molecule has 1 rings (SSSR count). The van der Waals surface area contributed by atoms with Crippen LogP contribution < -0.4 is 0 Å². The third kappa shape index (κ3) is 3.89. The van der Waals surface area contributed by atoms with E-state index in [0.717, 1.165) is 7.11 Å². The number of carbonyl (C=O) groups is 2. The molecule has 0 saturated carbocycles. The average molecular weight is 284 g/mol. The number of ketones is 1. The molecule has 0 spiro atoms. The first-order valence-electron chi connectivity index (χ1n) is 5.80. The molecule has 19 heavy (non-hydrogen) atoms. The number of methoxy groups -OCH3 is 1. The van der Waals surface area contributed by atoms with Crippen LogP contribution in [0.2, 0.25) is 0 Å². The maximum atomic E-state index is 12.2. The Balaban J connectivity index is 3.01. The van der Waals surface area contributed by atoms with Gasteiger partial charge in [-0.3, -0.25) is 9.59 Å². The molecule has 0 amide bonds. The topological polar surface area (TPSA) is 77.5 Å². The van der Waals surface area contributed by atoms with Gasteiger partial charge >= 0.3 is 5.97 Å². The Labute approximate surface area is 112 Å². The highest BCUT2D eigenvalue weighted by Crippen LogP contribution is 2.15. The van der Waals surface area contributed by atoms with Crippen LogP contribution in [0.15, 0.2) is 30.3 Å². The smallest absolute Gasteiger partial charge is 0.320 e. The van der Waals surface area contributed by atoms with Crippen LogP contribution in [0.3, 0.4) is 0 Å². The van der Waals surface area contributed by atoms with Crippen molar-refractivity contribution in [2.24, 2.45) is 0 Å². The van der Waals surface area contributed by atoms with Crippen LogP contribution in [-0.4, -0.2) is 38.3 Å². The first-order valence-corrected chi connectivity index (χ1v) is 7.51. The Kier molecular flexibility index (Phi) is 5.23. The lowest BCUT2D eigenvalue weighted by Gasteiger charge is -2.14. The van der Waals surface area contributed by atoms with Crippen molar-refractivity contribution in [3.8, 4) is 0 Å². The number of rotatable bonds is 6. The number of carbonyl (C=O) groups excluding carboxylic acids is 2. The van der Waals surface area contributed by atoms with Crippen molar-refractivity contribution in [3.63, 3.8) is 0 Å². The summed E-state index contributed by atoms with van der Waals surface area (Å²) in [5.41, 5.74) is 0.322. The number of Topliss-reactive ketones (excluding diaryl/α,β-unsaturated/α-hetero) is 1. The van der Waals surface area contributed by atoms with Gasteiger partial charge in [-0.1, -0.05) is 37.3 Å². The van der Waals surface area contributed by atoms with E-state index in [0.29, 0.717) is 5.56 Å². The number of benzene rings is 1. The first-order chi connectivity index (χ1) is 8.92. The normalized spacial score (nSPS) is 12.7. The van der Waals surface area contributed by atoms with Gasteiger partial charge in [0.25, 0.3) is 0 Å². The summed E-state index contributed by atoms with van der Waals surface area (Å²) in [7, 11) is -2.75. The average Bonchev–Trinajstić information content (AvgIpc) is 2.39. The molecule has 0 N–H and O–H groups in total. The number of sulfone groups is 1. The van der Waals surface area contributed by atoms with Crippen LogP contribution in [0, 0.1) is 0 Å². The Hall–Kier alpha value is -1.69. The van der Waals surface area contributed by atoms with Crippen molar-refractivity contribution in [2.75, 3.05) is 12.9 Å². The molecule has 0 aliphatic carbocycles. The van der Waals surface area contributed by atoms with E-state index < -0.39 is 32.6 Å². The molecule has 6 heteroatoms. The van der Waals surface area contributed by atoms with Crippen LogP contribution in [0.1, 0.15) is 23.7 Å². The molecule has 0 aliphatic rings. The highest BCUT2D eigenvalue weighted by molar-refractivity contribution is 7.93. The monoisotopic (exact) mass is 284 g/mol. The van der Waals surface area contributed by atoms with Crippen molar-refractivity contribution in [1.29, 1.82) is 0 Å². The maximum Gasteiger partial charge on any atom is 0.320 e. The predicted octanol–water partition coefficient (Wildman–Crippen LogP) is 1.24. The molecule has 104 valence electrons. The summed E-state index contributed by atoms with van der Waals surface area (Å²) in [4.78, 5) is 23.3. The molecule has 1 aromatic carbocycles. The van der Waals surface area contributed by atoms with Crippen molar-refractivity contribution >= 4 is 21.6 Å². The minimum absolute atomic E-state index is 0.118. The standard InChI is InChI=1S/C13H16O5S/c1-3-11(19(16,17)9-12(14)18-2)13(15)10-7-5-4-6-8-10/h4-8,11H,3,9H2,1-2H3. The van der Waals surface area contributed by atoms with E-state index in [1.807, 2.05) is 0 Å². The fourth-order valence-corrected chi connectivity index (χ4v) is 3.33. The lowest BCUT2D eigenvalue weighted by atomic mass is 10.1. The molecule has 0 saturated heterocycles. The maximum absolute atomic E-state index is 12.2. The molecule has 1 aromatic rings. The molecular formula is C13H16O5S. The van der Waals surface area contributed by atoms with E-state index in [2.05, 4.69) is 4.74 Å². The van der Waals surface area contributed by atoms with Crippen LogP contribution in [0.25, 0.3) is 0 Å². The minimum Gasteiger partial charge on any atom is -0.468 e. The molecule has 0 aromatic heterocycles. The van der Waals surface area contributed by atoms with Gasteiger partial charge in [-0.05, 0) is 6.42 Å². The van der Waals surface area contributed by atoms with Gasteiger partial charge in [0.15, 0.2) is 15.6 Å². The van der Waals surface area contributed by atoms with E-state index in [1.165, 1.54) is 0 Å². The first kappa shape index (κ1) is 15.4. The Bertz CT molecular complexity index is 548. The number of esters is 1. The summed E-state index contributed by atoms with van der Waals surface area (Å²) >= 11 is 0. The van der Waals surface area contributed by atoms with Gasteiger partial charge < -0.3 is 4.74 Å². The third-order valence-corrected chi connectivity index (χ3v) is 4.75. The largest absolute Gasteiger partial charge is 0.468 e. The van der Waals surface area contributed by atoms with Gasteiger partial charge in [0.2, 0.25) is 0 Å². The van der Waals surface area contributed by atoms with E-state index in [-0.39, 0.29) is 6.42 Å². The Morgan fingerprint density at radius 2 is 1.79 bits per heavy atom. The van der Waals surface area contributed by atoms with Gasteiger partial charge in [0, 0.05) is 5.56 Å². The highest BCUT2D eigenvalue weighted by atomic mass is 32.2. The number of hydrogen-bond acceptors (Lipinski definition) is 5. The zero-order valence-electron chi connectivity index (χ0n) is 10.8. The fraction of sp³-hybridized carbons (Fsp3) is 0.385. The zero-order chi connectivity index (χ0) is 14.5. The molecule has 0 aliphatic heterocycles. The quantitative estimate of drug-likeness (QED) is 0.580. The van der Waals surface area contributed by atoms with E-state index in [4.69, 9.17) is 0 Å². The fourth-order valence-electron chi connectivity index (χ4n) is 1.71. The second kappa shape index (κ2) is 6.47. The summed E-state index contributed by atoms with van der Waals surface area (Å²) in [6, 6.07) is 8.16. The summed E-state index contributed by atoms with van der Waals surface area (Å²) in [5.74, 6) is -2.13. The number of hydrogen-bond donors (Lipinski definition) is 0. The molecule has 1 atom stereocenters. The SMILES string of the molecule is CCC(C(=O)c1ccccc1)S(=O)(=O)CC(=O)OC. The summed E-state index contributed by atoms with van der Waals surface area (Å²) in [6.45, 7) is 1.60. The van der Waals surface area contributed by atoms with E-state index in [9.17, 15) is 18.0 Å². The van der Waals surface area contributed by atoms with Gasteiger partial charge in [-0.2, -0.15) is 0 Å². The molecule has 0 heterocycles. The van der Waals surface area contributed by atoms with Crippen molar-refractivity contribution < 1.29 is 22.7 Å². The van der Waals surface area contributed by atoms with E-state index in [1.54, 1.807) is 37.3 Å². The molecule has 0 bridgehead atoms. The van der Waals surface area contributed by atoms with Gasteiger partial charge in [0.05, 0.1) is 7.11 Å². The molecular weight excluding hydrogens is 268 g/mol. The highest BCUT2D eigenvalue weighted by Gasteiger charge is 2.33. The van der Waals surface area contributed by atoms with Crippen LogP contribution in [-0.2, 0) is 19.4 Å². The number of ether oxygens (including phenoxy) is 1. The summed E-state index contributed by atoms with van der Waals surface area (Å²) in [5, 5.41) is -1.21. The lowest BCUT2D eigenvalue weighted by molar-refractivity contribution is -0.137. The van der Waals surface area contributed by atoms with Crippen molar-refractivity contribution in [2.45, 2.75) is 18.6 Å². The van der Waals surface area contributed by atoms with Crippen LogP contribution in [0.4, 0.5) is 0 Å².